The van der Waals surface area contributed by atoms with Crippen molar-refractivity contribution < 1.29 is 9.18 Å². The van der Waals surface area contributed by atoms with Crippen molar-refractivity contribution in [3.63, 3.8) is 0 Å². The van der Waals surface area contributed by atoms with E-state index in [1.165, 1.54) is 23.5 Å². The predicted octanol–water partition coefficient (Wildman–Crippen LogP) is 3.70. The van der Waals surface area contributed by atoms with Crippen LogP contribution in [0.1, 0.15) is 34.6 Å². The van der Waals surface area contributed by atoms with Crippen LogP contribution in [-0.2, 0) is 6.54 Å². The van der Waals surface area contributed by atoms with E-state index < -0.39 is 0 Å². The first-order valence-electron chi connectivity index (χ1n) is 8.04. The summed E-state index contributed by atoms with van der Waals surface area (Å²) in [6, 6.07) is 7.88. The smallest absolute Gasteiger partial charge is 0.260 e. The van der Waals surface area contributed by atoms with Crippen molar-refractivity contribution in [1.29, 1.82) is 0 Å². The summed E-state index contributed by atoms with van der Waals surface area (Å²) in [6.45, 7) is 5.95. The van der Waals surface area contributed by atoms with Crippen LogP contribution >= 0.6 is 11.3 Å². The highest BCUT2D eigenvalue weighted by atomic mass is 32.1. The molecular weight excluding hydrogens is 339 g/mol. The number of thiophene rings is 1. The molecule has 130 valence electrons. The Morgan fingerprint density at radius 2 is 1.92 bits per heavy atom. The molecule has 6 heteroatoms. The number of pyridine rings is 1. The Balaban J connectivity index is 2.08. The lowest BCUT2D eigenvalue weighted by atomic mass is 10.1. The second kappa shape index (κ2) is 6.80. The maximum Gasteiger partial charge on any atom is 0.260 e. The molecule has 1 amide bonds. The molecule has 0 saturated heterocycles. The molecular formula is C19H19FN2O2S. The average molecular weight is 358 g/mol. The van der Waals surface area contributed by atoms with Crippen molar-refractivity contribution in [1.82, 2.24) is 9.88 Å². The maximum absolute atomic E-state index is 13.1. The number of amides is 1. The zero-order valence-electron chi connectivity index (χ0n) is 14.3. The van der Waals surface area contributed by atoms with Gasteiger partial charge in [-0.15, -0.1) is 11.3 Å². The Bertz CT molecular complexity index is 987. The fourth-order valence-corrected chi connectivity index (χ4v) is 3.83. The number of benzene rings is 1. The Kier molecular flexibility index (Phi) is 4.72. The van der Waals surface area contributed by atoms with Gasteiger partial charge in [-0.05, 0) is 44.5 Å². The highest BCUT2D eigenvalue weighted by Gasteiger charge is 2.20. The fraction of sp³-hybridized carbons (Fsp3) is 0.263. The molecule has 0 aliphatic rings. The number of nitrogens with zero attached hydrogens (tertiary/aromatic N) is 1. The molecule has 2 heterocycles. The minimum Gasteiger partial charge on any atom is -0.350 e. The number of carbonyl (C=O) groups is 1. The molecule has 0 aliphatic heterocycles. The van der Waals surface area contributed by atoms with Gasteiger partial charge in [-0.3, -0.25) is 9.59 Å². The topological polar surface area (TPSA) is 51.1 Å². The number of rotatable bonds is 4. The van der Waals surface area contributed by atoms with Crippen molar-refractivity contribution in [3.05, 3.63) is 68.7 Å². The second-order valence-corrected chi connectivity index (χ2v) is 7.53. The van der Waals surface area contributed by atoms with E-state index in [0.717, 1.165) is 15.1 Å². The van der Waals surface area contributed by atoms with Crippen LogP contribution in [0.3, 0.4) is 0 Å². The van der Waals surface area contributed by atoms with Gasteiger partial charge in [0.15, 0.2) is 0 Å². The third-order valence-corrected chi connectivity index (χ3v) is 4.98. The van der Waals surface area contributed by atoms with E-state index in [4.69, 9.17) is 0 Å². The number of aromatic nitrogens is 1. The van der Waals surface area contributed by atoms with E-state index in [0.29, 0.717) is 17.5 Å². The molecule has 0 unspecified atom stereocenters. The van der Waals surface area contributed by atoms with Crippen LogP contribution in [0.15, 0.2) is 41.3 Å². The SMILES string of the molecule is Cc1sc2ccn(Cc3ccc(F)cc3)c(=O)c2c1C(=O)NC(C)C. The summed E-state index contributed by atoms with van der Waals surface area (Å²) in [4.78, 5) is 26.3. The minimum absolute atomic E-state index is 0.00740. The molecule has 0 fully saturated rings. The molecule has 0 aliphatic carbocycles. The van der Waals surface area contributed by atoms with E-state index in [1.54, 1.807) is 22.9 Å². The molecule has 0 bridgehead atoms. The summed E-state index contributed by atoms with van der Waals surface area (Å²) in [5, 5.41) is 3.31. The lowest BCUT2D eigenvalue weighted by molar-refractivity contribution is 0.0944. The second-order valence-electron chi connectivity index (χ2n) is 6.28. The Hall–Kier alpha value is -2.47. The quantitative estimate of drug-likeness (QED) is 0.773. The molecule has 1 aromatic carbocycles. The van der Waals surface area contributed by atoms with Crippen LogP contribution in [0.2, 0.25) is 0 Å². The normalized spacial score (nSPS) is 11.2. The van der Waals surface area contributed by atoms with Crippen molar-refractivity contribution in [2.75, 3.05) is 0 Å². The summed E-state index contributed by atoms with van der Waals surface area (Å²) in [5.74, 6) is -0.539. The summed E-state index contributed by atoms with van der Waals surface area (Å²) >= 11 is 1.44. The molecule has 3 rings (SSSR count). The highest BCUT2D eigenvalue weighted by molar-refractivity contribution is 7.19. The van der Waals surface area contributed by atoms with Crippen molar-refractivity contribution in [2.45, 2.75) is 33.4 Å². The van der Waals surface area contributed by atoms with Crippen molar-refractivity contribution >= 4 is 27.3 Å². The lowest BCUT2D eigenvalue weighted by Gasteiger charge is -2.09. The average Bonchev–Trinajstić information content (AvgIpc) is 2.88. The number of hydrogen-bond acceptors (Lipinski definition) is 3. The van der Waals surface area contributed by atoms with Crippen LogP contribution in [0.4, 0.5) is 4.39 Å². The van der Waals surface area contributed by atoms with E-state index in [1.807, 2.05) is 26.8 Å². The van der Waals surface area contributed by atoms with Gasteiger partial charge in [-0.1, -0.05) is 12.1 Å². The number of aryl methyl sites for hydroxylation is 1. The number of nitrogens with one attached hydrogen (secondary N) is 1. The minimum atomic E-state index is -0.312. The monoisotopic (exact) mass is 358 g/mol. The first-order chi connectivity index (χ1) is 11.9. The molecule has 2 aromatic heterocycles. The van der Waals surface area contributed by atoms with Gasteiger partial charge in [-0.25, -0.2) is 4.39 Å². The summed E-state index contributed by atoms with van der Waals surface area (Å²) in [5.41, 5.74) is 1.07. The van der Waals surface area contributed by atoms with Crippen LogP contribution in [0, 0.1) is 12.7 Å². The third kappa shape index (κ3) is 3.49. The van der Waals surface area contributed by atoms with Gasteiger partial charge in [0, 0.05) is 21.8 Å². The molecule has 0 spiro atoms. The molecule has 0 radical (unpaired) electrons. The van der Waals surface area contributed by atoms with Gasteiger partial charge in [0.25, 0.3) is 11.5 Å². The van der Waals surface area contributed by atoms with Crippen molar-refractivity contribution in [2.24, 2.45) is 0 Å². The van der Waals surface area contributed by atoms with Crippen LogP contribution < -0.4 is 10.9 Å². The zero-order chi connectivity index (χ0) is 18.1. The first kappa shape index (κ1) is 17.4. The van der Waals surface area contributed by atoms with Gasteiger partial charge in [0.05, 0.1) is 17.5 Å². The van der Waals surface area contributed by atoms with Crippen LogP contribution in [0.5, 0.6) is 0 Å². The molecule has 0 saturated carbocycles. The lowest BCUT2D eigenvalue weighted by Crippen LogP contribution is -2.31. The number of hydrogen-bond donors (Lipinski definition) is 1. The van der Waals surface area contributed by atoms with Gasteiger partial charge < -0.3 is 9.88 Å². The summed E-state index contributed by atoms with van der Waals surface area (Å²) < 4.78 is 15.4. The first-order valence-corrected chi connectivity index (χ1v) is 8.86. The maximum atomic E-state index is 13.1. The number of carbonyl (C=O) groups excluding carboxylic acids is 1. The van der Waals surface area contributed by atoms with Crippen molar-refractivity contribution in [3.8, 4) is 0 Å². The van der Waals surface area contributed by atoms with Gasteiger partial charge >= 0.3 is 0 Å². The predicted molar refractivity (Wildman–Crippen MR) is 98.9 cm³/mol. The molecule has 25 heavy (non-hydrogen) atoms. The van der Waals surface area contributed by atoms with E-state index in [-0.39, 0.29) is 23.3 Å². The highest BCUT2D eigenvalue weighted by Crippen LogP contribution is 2.28. The Morgan fingerprint density at radius 3 is 2.56 bits per heavy atom. The van der Waals surface area contributed by atoms with Gasteiger partial charge in [0.2, 0.25) is 0 Å². The zero-order valence-corrected chi connectivity index (χ0v) is 15.1. The van der Waals surface area contributed by atoms with Gasteiger partial charge in [0.1, 0.15) is 5.82 Å². The summed E-state index contributed by atoms with van der Waals surface area (Å²) in [6.07, 6.45) is 1.72. The van der Waals surface area contributed by atoms with Gasteiger partial charge in [-0.2, -0.15) is 0 Å². The molecule has 4 nitrogen and oxygen atoms in total. The standard InChI is InChI=1S/C19H19FN2O2S/c1-11(2)21-18(23)16-12(3)25-15-8-9-22(19(24)17(15)16)10-13-4-6-14(20)7-5-13/h4-9,11H,10H2,1-3H3,(H,21,23). The van der Waals surface area contributed by atoms with Crippen LogP contribution in [-0.4, -0.2) is 16.5 Å². The number of fused-ring (bicyclic) bond motifs is 1. The van der Waals surface area contributed by atoms with E-state index >= 15 is 0 Å². The Morgan fingerprint density at radius 1 is 1.24 bits per heavy atom. The molecule has 0 atom stereocenters. The van der Waals surface area contributed by atoms with Crippen LogP contribution in [0.25, 0.3) is 10.1 Å². The van der Waals surface area contributed by atoms with E-state index in [2.05, 4.69) is 5.32 Å². The largest absolute Gasteiger partial charge is 0.350 e. The number of halogens is 1. The Labute approximate surface area is 148 Å². The summed E-state index contributed by atoms with van der Waals surface area (Å²) in [7, 11) is 0. The molecule has 3 aromatic rings. The fourth-order valence-electron chi connectivity index (χ4n) is 2.78. The third-order valence-electron chi connectivity index (χ3n) is 3.91. The van der Waals surface area contributed by atoms with E-state index in [9.17, 15) is 14.0 Å². The molecule has 1 N–H and O–H groups in total.